The quantitative estimate of drug-likeness (QED) is 0.817. The molecule has 0 spiro atoms. The van der Waals surface area contributed by atoms with E-state index in [1.165, 1.54) is 6.07 Å². The van der Waals surface area contributed by atoms with Crippen LogP contribution in [0.1, 0.15) is 15.9 Å². The van der Waals surface area contributed by atoms with E-state index in [2.05, 4.69) is 10.2 Å². The van der Waals surface area contributed by atoms with Crippen LogP contribution < -0.4 is 11.1 Å². The molecule has 20 heavy (non-hydrogen) atoms. The minimum absolute atomic E-state index is 0.127. The van der Waals surface area contributed by atoms with Gasteiger partial charge >= 0.3 is 0 Å². The minimum atomic E-state index is -0.615. The van der Waals surface area contributed by atoms with Gasteiger partial charge in [-0.3, -0.25) is 9.69 Å². The van der Waals surface area contributed by atoms with Crippen LogP contribution in [0.15, 0.2) is 18.2 Å². The summed E-state index contributed by atoms with van der Waals surface area (Å²) in [7, 11) is 1.88. The normalized spacial score (nSPS) is 20.0. The highest BCUT2D eigenvalue weighted by atomic mass is 19.1. The summed E-state index contributed by atoms with van der Waals surface area (Å²) in [5.41, 5.74) is 5.89. The number of carbonyl (C=O) groups excluding carboxylic acids is 1. The summed E-state index contributed by atoms with van der Waals surface area (Å²) in [5.74, 6) is -1.01. The largest absolute Gasteiger partial charge is 0.374 e. The van der Waals surface area contributed by atoms with Crippen LogP contribution in [0.2, 0.25) is 0 Å². The van der Waals surface area contributed by atoms with E-state index in [-0.39, 0.29) is 11.7 Å². The molecule has 3 N–H and O–H groups in total. The lowest BCUT2D eigenvalue weighted by Gasteiger charge is -2.32. The number of likely N-dealkylation sites (N-methyl/N-ethyl adjacent to an activating group) is 1. The first-order valence-electron chi connectivity index (χ1n) is 6.67. The van der Waals surface area contributed by atoms with E-state index in [4.69, 9.17) is 10.5 Å². The number of amides is 1. The summed E-state index contributed by atoms with van der Waals surface area (Å²) in [6, 6.07) is 4.38. The molecule has 6 heteroatoms. The summed E-state index contributed by atoms with van der Waals surface area (Å²) in [5, 5.41) is 3.08. The van der Waals surface area contributed by atoms with Gasteiger partial charge in [0.15, 0.2) is 0 Å². The monoisotopic (exact) mass is 281 g/mol. The molecule has 2 rings (SSSR count). The predicted octanol–water partition coefficient (Wildman–Crippen LogP) is 0.345. The van der Waals surface area contributed by atoms with Crippen molar-refractivity contribution in [2.75, 3.05) is 33.3 Å². The van der Waals surface area contributed by atoms with E-state index in [0.717, 1.165) is 19.6 Å². The Kier molecular flexibility index (Phi) is 5.05. The Bertz CT molecular complexity index is 479. The molecule has 1 aromatic rings. The third kappa shape index (κ3) is 3.75. The van der Waals surface area contributed by atoms with E-state index >= 15 is 0 Å². The van der Waals surface area contributed by atoms with Crippen molar-refractivity contribution < 1.29 is 13.9 Å². The fraction of sp³-hybridized carbons (Fsp3) is 0.500. The molecule has 0 bridgehead atoms. The molecule has 1 aliphatic rings. The first-order valence-corrected chi connectivity index (χ1v) is 6.67. The van der Waals surface area contributed by atoms with Crippen LogP contribution in [-0.2, 0) is 11.3 Å². The standard InChI is InChI=1S/C14H20FN3O2/c1-17-7-12-9-18(4-5-20-12)8-11-3-2-10(14(16)19)6-13(11)15/h2-3,6,12,17H,4-5,7-9H2,1H3,(H2,16,19). The fourth-order valence-electron chi connectivity index (χ4n) is 2.34. The van der Waals surface area contributed by atoms with Crippen molar-refractivity contribution in [3.63, 3.8) is 0 Å². The van der Waals surface area contributed by atoms with Gasteiger partial charge in [-0.25, -0.2) is 4.39 Å². The smallest absolute Gasteiger partial charge is 0.248 e. The average Bonchev–Trinajstić information content (AvgIpc) is 2.42. The molecular weight excluding hydrogens is 261 g/mol. The topological polar surface area (TPSA) is 67.6 Å². The number of hydrogen-bond acceptors (Lipinski definition) is 4. The molecule has 0 aromatic heterocycles. The molecule has 1 aromatic carbocycles. The Balaban J connectivity index is 2.00. The van der Waals surface area contributed by atoms with Crippen molar-refractivity contribution in [3.8, 4) is 0 Å². The SMILES string of the molecule is CNCC1CN(Cc2ccc(C(N)=O)cc2F)CCO1. The summed E-state index contributed by atoms with van der Waals surface area (Å²) in [6.07, 6.45) is 0.127. The number of morpholine rings is 1. The lowest BCUT2D eigenvalue weighted by Crippen LogP contribution is -2.45. The van der Waals surface area contributed by atoms with Gasteiger partial charge in [0.25, 0.3) is 0 Å². The lowest BCUT2D eigenvalue weighted by molar-refractivity contribution is -0.0294. The first kappa shape index (κ1) is 14.9. The molecule has 1 aliphatic heterocycles. The molecule has 1 heterocycles. The summed E-state index contributed by atoms with van der Waals surface area (Å²) in [6.45, 7) is 3.47. The van der Waals surface area contributed by atoms with Crippen molar-refractivity contribution in [2.24, 2.45) is 5.73 Å². The Morgan fingerprint density at radius 1 is 1.60 bits per heavy atom. The molecule has 110 valence electrons. The summed E-state index contributed by atoms with van der Waals surface area (Å²) >= 11 is 0. The Hall–Kier alpha value is -1.50. The van der Waals surface area contributed by atoms with Crippen molar-refractivity contribution >= 4 is 5.91 Å². The van der Waals surface area contributed by atoms with Gasteiger partial charge in [-0.05, 0) is 19.2 Å². The van der Waals surface area contributed by atoms with Crippen LogP contribution in [-0.4, -0.2) is 50.2 Å². The average molecular weight is 281 g/mol. The molecule has 1 amide bonds. The number of benzene rings is 1. The van der Waals surface area contributed by atoms with E-state index < -0.39 is 11.7 Å². The first-order chi connectivity index (χ1) is 9.60. The van der Waals surface area contributed by atoms with Gasteiger partial charge in [-0.1, -0.05) is 6.07 Å². The zero-order chi connectivity index (χ0) is 14.5. The van der Waals surface area contributed by atoms with Gasteiger partial charge in [0.05, 0.1) is 12.7 Å². The Morgan fingerprint density at radius 2 is 2.40 bits per heavy atom. The van der Waals surface area contributed by atoms with Gasteiger partial charge in [0.2, 0.25) is 5.91 Å². The zero-order valence-corrected chi connectivity index (χ0v) is 11.6. The number of carbonyl (C=O) groups is 1. The third-order valence-corrected chi connectivity index (χ3v) is 3.39. The third-order valence-electron chi connectivity index (χ3n) is 3.39. The van der Waals surface area contributed by atoms with Crippen LogP contribution in [0.3, 0.4) is 0 Å². The molecule has 5 nitrogen and oxygen atoms in total. The van der Waals surface area contributed by atoms with Gasteiger partial charge < -0.3 is 15.8 Å². The highest BCUT2D eigenvalue weighted by Crippen LogP contribution is 2.15. The number of ether oxygens (including phenoxy) is 1. The predicted molar refractivity (Wildman–Crippen MR) is 73.9 cm³/mol. The number of nitrogens with two attached hydrogens (primary N) is 1. The molecule has 1 saturated heterocycles. The molecule has 1 unspecified atom stereocenters. The zero-order valence-electron chi connectivity index (χ0n) is 11.6. The molecule has 0 aliphatic carbocycles. The van der Waals surface area contributed by atoms with Crippen molar-refractivity contribution in [2.45, 2.75) is 12.6 Å². The van der Waals surface area contributed by atoms with Crippen LogP contribution in [0, 0.1) is 5.82 Å². The summed E-state index contributed by atoms with van der Waals surface area (Å²) in [4.78, 5) is 13.1. The fourth-order valence-corrected chi connectivity index (χ4v) is 2.34. The summed E-state index contributed by atoms with van der Waals surface area (Å²) < 4.78 is 19.5. The minimum Gasteiger partial charge on any atom is -0.374 e. The maximum Gasteiger partial charge on any atom is 0.248 e. The van der Waals surface area contributed by atoms with Crippen molar-refractivity contribution in [1.82, 2.24) is 10.2 Å². The van der Waals surface area contributed by atoms with Gasteiger partial charge in [-0.15, -0.1) is 0 Å². The molecule has 1 atom stereocenters. The maximum absolute atomic E-state index is 13.9. The van der Waals surface area contributed by atoms with Crippen LogP contribution >= 0.6 is 0 Å². The van der Waals surface area contributed by atoms with Gasteiger partial charge in [0.1, 0.15) is 5.82 Å². The Labute approximate surface area is 117 Å². The number of primary amides is 1. The number of halogens is 1. The maximum atomic E-state index is 13.9. The highest BCUT2D eigenvalue weighted by molar-refractivity contribution is 5.92. The van der Waals surface area contributed by atoms with Crippen molar-refractivity contribution in [1.29, 1.82) is 0 Å². The van der Waals surface area contributed by atoms with Gasteiger partial charge in [-0.2, -0.15) is 0 Å². The molecule has 0 saturated carbocycles. The van der Waals surface area contributed by atoms with Crippen LogP contribution in [0.5, 0.6) is 0 Å². The van der Waals surface area contributed by atoms with E-state index in [1.807, 2.05) is 7.05 Å². The van der Waals surface area contributed by atoms with Crippen LogP contribution in [0.25, 0.3) is 0 Å². The van der Waals surface area contributed by atoms with E-state index in [9.17, 15) is 9.18 Å². The van der Waals surface area contributed by atoms with Gasteiger partial charge in [0, 0.05) is 37.3 Å². The van der Waals surface area contributed by atoms with Crippen LogP contribution in [0.4, 0.5) is 4.39 Å². The number of rotatable bonds is 5. The van der Waals surface area contributed by atoms with E-state index in [0.29, 0.717) is 18.7 Å². The lowest BCUT2D eigenvalue weighted by atomic mass is 10.1. The number of nitrogens with zero attached hydrogens (tertiary/aromatic N) is 1. The second-order valence-corrected chi connectivity index (χ2v) is 4.96. The second kappa shape index (κ2) is 6.78. The van der Waals surface area contributed by atoms with E-state index in [1.54, 1.807) is 12.1 Å². The molecule has 0 radical (unpaired) electrons. The number of nitrogens with one attached hydrogen (secondary N) is 1. The molecular formula is C14H20FN3O2. The highest BCUT2D eigenvalue weighted by Gasteiger charge is 2.20. The Morgan fingerprint density at radius 3 is 3.05 bits per heavy atom. The second-order valence-electron chi connectivity index (χ2n) is 4.96. The van der Waals surface area contributed by atoms with Crippen molar-refractivity contribution in [3.05, 3.63) is 35.1 Å². The number of hydrogen-bond donors (Lipinski definition) is 2. The molecule has 1 fully saturated rings.